The summed E-state index contributed by atoms with van der Waals surface area (Å²) >= 11 is 5.97. The first-order valence-electron chi connectivity index (χ1n) is 10.2. The van der Waals surface area contributed by atoms with Crippen LogP contribution < -0.4 is 9.47 Å². The molecule has 2 aromatic carbocycles. The van der Waals surface area contributed by atoms with Crippen LogP contribution in [0, 0.1) is 24.0 Å². The maximum atomic E-state index is 13.1. The van der Waals surface area contributed by atoms with Gasteiger partial charge >= 0.3 is 5.97 Å². The van der Waals surface area contributed by atoms with Gasteiger partial charge in [0.2, 0.25) is 5.78 Å². The van der Waals surface area contributed by atoms with E-state index in [0.717, 1.165) is 23.5 Å². The quantitative estimate of drug-likeness (QED) is 0.188. The number of ketones is 1. The molecular weight excluding hydrogens is 464 g/mol. The van der Waals surface area contributed by atoms with Crippen molar-refractivity contribution in [2.45, 2.75) is 26.9 Å². The molecule has 0 radical (unpaired) electrons. The second kappa shape index (κ2) is 9.96. The summed E-state index contributed by atoms with van der Waals surface area (Å²) in [5.74, 6) is -1.26. The minimum Gasteiger partial charge on any atom is -0.493 e. The summed E-state index contributed by atoms with van der Waals surface area (Å²) in [4.78, 5) is 36.7. The van der Waals surface area contributed by atoms with Crippen LogP contribution in [0.4, 0.5) is 5.69 Å². The van der Waals surface area contributed by atoms with Crippen molar-refractivity contribution in [1.82, 2.24) is 4.57 Å². The van der Waals surface area contributed by atoms with Crippen molar-refractivity contribution in [3.63, 3.8) is 0 Å². The number of Topliss-reactive ketones (excluding diaryl/α,β-unsaturated/α-hetero) is 1. The van der Waals surface area contributed by atoms with Crippen LogP contribution in [0.25, 0.3) is 5.69 Å². The number of nitro groups is 1. The third-order valence-electron chi connectivity index (χ3n) is 5.35. The Morgan fingerprint density at radius 3 is 2.15 bits per heavy atom. The lowest BCUT2D eigenvalue weighted by atomic mass is 10.1. The second-order valence-corrected chi connectivity index (χ2v) is 7.93. The molecule has 0 aliphatic rings. The van der Waals surface area contributed by atoms with Gasteiger partial charge in [-0.3, -0.25) is 14.9 Å². The van der Waals surface area contributed by atoms with Gasteiger partial charge in [0, 0.05) is 33.7 Å². The van der Waals surface area contributed by atoms with Crippen molar-refractivity contribution >= 4 is 29.0 Å². The molecule has 3 aromatic rings. The van der Waals surface area contributed by atoms with Crippen molar-refractivity contribution in [2.75, 3.05) is 14.2 Å². The van der Waals surface area contributed by atoms with Crippen LogP contribution in [0.2, 0.25) is 5.02 Å². The van der Waals surface area contributed by atoms with Gasteiger partial charge < -0.3 is 18.8 Å². The summed E-state index contributed by atoms with van der Waals surface area (Å²) in [6.45, 7) is 5.05. The maximum Gasteiger partial charge on any atom is 0.346 e. The van der Waals surface area contributed by atoms with Gasteiger partial charge in [-0.1, -0.05) is 11.6 Å². The van der Waals surface area contributed by atoms with E-state index in [1.165, 1.54) is 21.1 Å². The molecule has 0 spiro atoms. The zero-order valence-electron chi connectivity index (χ0n) is 19.2. The number of aromatic nitrogens is 1. The normalized spacial score (nSPS) is 11.6. The second-order valence-electron chi connectivity index (χ2n) is 7.49. The zero-order chi connectivity index (χ0) is 25.2. The highest BCUT2D eigenvalue weighted by atomic mass is 35.5. The van der Waals surface area contributed by atoms with Crippen LogP contribution in [0.3, 0.4) is 0 Å². The van der Waals surface area contributed by atoms with Crippen molar-refractivity contribution in [3.05, 3.63) is 80.1 Å². The third kappa shape index (κ3) is 4.74. The molecule has 0 aliphatic heterocycles. The summed E-state index contributed by atoms with van der Waals surface area (Å²) in [7, 11) is 2.65. The number of nitro benzene ring substituents is 1. The van der Waals surface area contributed by atoms with Crippen molar-refractivity contribution in [3.8, 4) is 17.2 Å². The van der Waals surface area contributed by atoms with Crippen LogP contribution in [0.1, 0.15) is 39.0 Å². The van der Waals surface area contributed by atoms with Crippen molar-refractivity contribution in [1.29, 1.82) is 0 Å². The monoisotopic (exact) mass is 486 g/mol. The Balaban J connectivity index is 1.90. The third-order valence-corrected chi connectivity index (χ3v) is 5.60. The lowest BCUT2D eigenvalue weighted by Gasteiger charge is -2.14. The predicted molar refractivity (Wildman–Crippen MR) is 126 cm³/mol. The smallest absolute Gasteiger partial charge is 0.346 e. The first-order chi connectivity index (χ1) is 16.1. The Morgan fingerprint density at radius 1 is 1.00 bits per heavy atom. The molecular formula is C24H23ClN2O7. The summed E-state index contributed by atoms with van der Waals surface area (Å²) in [5, 5.41) is 12.1. The molecule has 0 unspecified atom stereocenters. The molecule has 0 saturated heterocycles. The Bertz CT molecular complexity index is 1270. The van der Waals surface area contributed by atoms with Crippen LogP contribution >= 0.6 is 11.6 Å². The van der Waals surface area contributed by atoms with E-state index in [9.17, 15) is 19.7 Å². The molecule has 178 valence electrons. The Labute approximate surface area is 201 Å². The lowest BCUT2D eigenvalue weighted by molar-refractivity contribution is -0.385. The number of benzene rings is 2. The lowest BCUT2D eigenvalue weighted by Crippen LogP contribution is -2.25. The first-order valence-corrected chi connectivity index (χ1v) is 10.6. The molecule has 1 heterocycles. The molecule has 1 atom stereocenters. The van der Waals surface area contributed by atoms with Gasteiger partial charge in [0.15, 0.2) is 17.6 Å². The average Bonchev–Trinajstić information content (AvgIpc) is 3.11. The topological polar surface area (TPSA) is 110 Å². The van der Waals surface area contributed by atoms with E-state index in [4.69, 9.17) is 25.8 Å². The summed E-state index contributed by atoms with van der Waals surface area (Å²) in [6.07, 6.45) is -1.20. The molecule has 1 aromatic heterocycles. The number of halogens is 1. The molecule has 0 fully saturated rings. The SMILES string of the molecule is COc1cc(C(=O)O[C@H](C)C(=O)c2cc(C)n(-c3ccc(Cl)cc3)c2C)c([N+](=O)[O-])cc1OC. The highest BCUT2D eigenvalue weighted by Crippen LogP contribution is 2.35. The van der Waals surface area contributed by atoms with Gasteiger partial charge in [-0.25, -0.2) is 4.79 Å². The Hall–Kier alpha value is -3.85. The fourth-order valence-corrected chi connectivity index (χ4v) is 3.81. The molecule has 0 N–H and O–H groups in total. The van der Waals surface area contributed by atoms with Crippen LogP contribution in [0.15, 0.2) is 42.5 Å². The molecule has 0 amide bonds. The van der Waals surface area contributed by atoms with Crippen LogP contribution in [-0.2, 0) is 4.74 Å². The number of aryl methyl sites for hydroxylation is 1. The largest absolute Gasteiger partial charge is 0.493 e. The number of carbonyl (C=O) groups excluding carboxylic acids is 2. The van der Waals surface area contributed by atoms with Gasteiger partial charge in [-0.15, -0.1) is 0 Å². The molecule has 0 saturated carbocycles. The fourth-order valence-electron chi connectivity index (χ4n) is 3.68. The van der Waals surface area contributed by atoms with E-state index in [2.05, 4.69) is 0 Å². The van der Waals surface area contributed by atoms with E-state index in [1.54, 1.807) is 25.1 Å². The highest BCUT2D eigenvalue weighted by molar-refractivity contribution is 6.30. The van der Waals surface area contributed by atoms with Crippen molar-refractivity contribution < 1.29 is 28.7 Å². The number of carbonyl (C=O) groups is 2. The number of ether oxygens (including phenoxy) is 3. The molecule has 34 heavy (non-hydrogen) atoms. The van der Waals surface area contributed by atoms with Crippen molar-refractivity contribution in [2.24, 2.45) is 0 Å². The minimum absolute atomic E-state index is 0.0875. The molecule has 3 rings (SSSR count). The number of methoxy groups -OCH3 is 2. The first kappa shape index (κ1) is 24.8. The maximum absolute atomic E-state index is 13.1. The number of hydrogen-bond donors (Lipinski definition) is 0. The predicted octanol–water partition coefficient (Wildman–Crippen LogP) is 5.10. The van der Waals surface area contributed by atoms with E-state index in [-0.39, 0.29) is 17.1 Å². The van der Waals surface area contributed by atoms with Gasteiger partial charge in [0.25, 0.3) is 5.69 Å². The number of rotatable bonds is 8. The average molecular weight is 487 g/mol. The summed E-state index contributed by atoms with van der Waals surface area (Å²) in [5.41, 5.74) is 1.78. The van der Waals surface area contributed by atoms with Gasteiger partial charge in [0.05, 0.1) is 25.2 Å². The van der Waals surface area contributed by atoms with E-state index >= 15 is 0 Å². The molecule has 10 heteroatoms. The minimum atomic E-state index is -1.20. The van der Waals surface area contributed by atoms with E-state index < -0.39 is 28.5 Å². The fraction of sp³-hybridized carbons (Fsp3) is 0.250. The van der Waals surface area contributed by atoms with Gasteiger partial charge in [0.1, 0.15) is 5.56 Å². The van der Waals surface area contributed by atoms with Gasteiger partial charge in [-0.2, -0.15) is 0 Å². The number of esters is 1. The number of hydrogen-bond acceptors (Lipinski definition) is 7. The Kier molecular flexibility index (Phi) is 7.26. The number of nitrogens with zero attached hydrogens (tertiary/aromatic N) is 2. The molecule has 9 nitrogen and oxygen atoms in total. The van der Waals surface area contributed by atoms with E-state index in [1.807, 2.05) is 23.6 Å². The van der Waals surface area contributed by atoms with Crippen LogP contribution in [-0.4, -0.2) is 41.6 Å². The Morgan fingerprint density at radius 2 is 1.59 bits per heavy atom. The highest BCUT2D eigenvalue weighted by Gasteiger charge is 2.30. The zero-order valence-corrected chi connectivity index (χ0v) is 20.0. The van der Waals surface area contributed by atoms with E-state index in [0.29, 0.717) is 16.3 Å². The van der Waals surface area contributed by atoms with Gasteiger partial charge in [-0.05, 0) is 51.1 Å². The summed E-state index contributed by atoms with van der Waals surface area (Å²) < 4.78 is 17.4. The standard InChI is InChI=1S/C24H23ClN2O7/c1-13-10-18(14(2)26(13)17-8-6-16(25)7-9-17)23(28)15(3)34-24(29)19-11-21(32-4)22(33-5)12-20(19)27(30)31/h6-12,15H,1-5H3/t15-/m1/s1. The molecule has 0 bridgehead atoms. The summed E-state index contributed by atoms with van der Waals surface area (Å²) in [6, 6.07) is 11.1. The van der Waals surface area contributed by atoms with Crippen LogP contribution in [0.5, 0.6) is 11.5 Å². The molecule has 0 aliphatic carbocycles.